The van der Waals surface area contributed by atoms with Gasteiger partial charge in [0, 0.05) is 6.42 Å². The molecule has 2 N–H and O–H groups in total. The van der Waals surface area contributed by atoms with E-state index in [9.17, 15) is 9.59 Å². The molecule has 4 heteroatoms. The van der Waals surface area contributed by atoms with Gasteiger partial charge in [0.2, 0.25) is 0 Å². The molecule has 4 nitrogen and oxygen atoms in total. The molecular weight excluding hydrogens is 158 g/mol. The maximum absolute atomic E-state index is 11.0. The van der Waals surface area contributed by atoms with Crippen molar-refractivity contribution in [1.82, 2.24) is 0 Å². The van der Waals surface area contributed by atoms with E-state index in [1.807, 2.05) is 0 Å². The molecule has 0 rings (SSSR count). The van der Waals surface area contributed by atoms with Gasteiger partial charge in [0.1, 0.15) is 12.3 Å². The van der Waals surface area contributed by atoms with E-state index >= 15 is 0 Å². The van der Waals surface area contributed by atoms with Gasteiger partial charge in [0.15, 0.2) is 0 Å². The molecule has 0 aliphatic rings. The summed E-state index contributed by atoms with van der Waals surface area (Å²) in [5, 5.41) is 0. The highest BCUT2D eigenvalue weighted by atomic mass is 16.5. The Morgan fingerprint density at radius 2 is 2.17 bits per heavy atom. The molecule has 0 fully saturated rings. The Morgan fingerprint density at radius 3 is 2.50 bits per heavy atom. The second kappa shape index (κ2) is 4.21. The van der Waals surface area contributed by atoms with Gasteiger partial charge < -0.3 is 15.3 Å². The molecule has 0 spiro atoms. The fourth-order valence-corrected chi connectivity index (χ4v) is 0.788. The van der Waals surface area contributed by atoms with E-state index in [1.165, 1.54) is 7.11 Å². The molecule has 0 bridgehead atoms. The molecule has 70 valence electrons. The Hall–Kier alpha value is -0.900. The summed E-state index contributed by atoms with van der Waals surface area (Å²) in [6.45, 7) is 3.51. The molecule has 0 aliphatic heterocycles. The van der Waals surface area contributed by atoms with Crippen LogP contribution < -0.4 is 5.73 Å². The monoisotopic (exact) mass is 173 g/mol. The number of esters is 1. The Labute approximate surface area is 72.1 Å². The summed E-state index contributed by atoms with van der Waals surface area (Å²) < 4.78 is 4.46. The second-order valence-corrected chi connectivity index (χ2v) is 3.36. The number of rotatable bonds is 4. The molecule has 1 atom stereocenters. The van der Waals surface area contributed by atoms with Crippen molar-refractivity contribution in [3.8, 4) is 0 Å². The highest BCUT2D eigenvalue weighted by Crippen LogP contribution is 2.22. The maximum atomic E-state index is 11.0. The lowest BCUT2D eigenvalue weighted by molar-refractivity contribution is -0.145. The minimum Gasteiger partial charge on any atom is -0.468 e. The Morgan fingerprint density at radius 1 is 1.67 bits per heavy atom. The molecule has 12 heavy (non-hydrogen) atoms. The molecule has 0 aromatic heterocycles. The first-order valence-corrected chi connectivity index (χ1v) is 3.72. The number of aldehydes is 1. The van der Waals surface area contributed by atoms with Crippen molar-refractivity contribution in [2.24, 2.45) is 11.1 Å². The fourth-order valence-electron chi connectivity index (χ4n) is 0.788. The second-order valence-electron chi connectivity index (χ2n) is 3.36. The van der Waals surface area contributed by atoms with Gasteiger partial charge in [-0.15, -0.1) is 0 Å². The predicted molar refractivity (Wildman–Crippen MR) is 44.5 cm³/mol. The average Bonchev–Trinajstić information content (AvgIpc) is 2.01. The molecule has 0 amide bonds. The van der Waals surface area contributed by atoms with Gasteiger partial charge in [-0.3, -0.25) is 4.79 Å². The standard InChI is InChI=1S/C8H15NO3/c1-8(2,4-5-10)6(9)7(11)12-3/h5-6H,4,9H2,1-3H3. The number of carbonyl (C=O) groups excluding carboxylic acids is 2. The van der Waals surface area contributed by atoms with Crippen LogP contribution in [0.5, 0.6) is 0 Å². The van der Waals surface area contributed by atoms with Crippen LogP contribution in [-0.4, -0.2) is 25.4 Å². The van der Waals surface area contributed by atoms with Crippen molar-refractivity contribution < 1.29 is 14.3 Å². The van der Waals surface area contributed by atoms with Gasteiger partial charge in [-0.2, -0.15) is 0 Å². The average molecular weight is 173 g/mol. The Kier molecular flexibility index (Phi) is 3.89. The van der Waals surface area contributed by atoms with Crippen LogP contribution in [0.3, 0.4) is 0 Å². The molecule has 0 radical (unpaired) electrons. The zero-order valence-electron chi connectivity index (χ0n) is 7.66. The van der Waals surface area contributed by atoms with E-state index in [4.69, 9.17) is 5.73 Å². The summed E-state index contributed by atoms with van der Waals surface area (Å²) in [6, 6.07) is -0.743. The van der Waals surface area contributed by atoms with E-state index in [-0.39, 0.29) is 6.42 Å². The van der Waals surface area contributed by atoms with Crippen LogP contribution in [-0.2, 0) is 14.3 Å². The normalized spacial score (nSPS) is 13.7. The van der Waals surface area contributed by atoms with Crippen LogP contribution in [0.25, 0.3) is 0 Å². The van der Waals surface area contributed by atoms with E-state index < -0.39 is 17.4 Å². The molecule has 0 aromatic carbocycles. The molecule has 0 saturated heterocycles. The van der Waals surface area contributed by atoms with Crippen LogP contribution in [0.2, 0.25) is 0 Å². The molecule has 1 unspecified atom stereocenters. The van der Waals surface area contributed by atoms with Crippen LogP contribution in [0.4, 0.5) is 0 Å². The number of hydrogen-bond donors (Lipinski definition) is 1. The summed E-state index contributed by atoms with van der Waals surface area (Å²) in [5.41, 5.74) is 5.03. The number of ether oxygens (including phenoxy) is 1. The van der Waals surface area contributed by atoms with Crippen LogP contribution >= 0.6 is 0 Å². The zero-order chi connectivity index (χ0) is 9.78. The first kappa shape index (κ1) is 11.1. The van der Waals surface area contributed by atoms with Crippen molar-refractivity contribution in [3.05, 3.63) is 0 Å². The highest BCUT2D eigenvalue weighted by molar-refractivity contribution is 5.77. The molecule has 0 saturated carbocycles. The third-order valence-corrected chi connectivity index (χ3v) is 1.91. The first-order chi connectivity index (χ1) is 5.45. The van der Waals surface area contributed by atoms with E-state index in [2.05, 4.69) is 4.74 Å². The summed E-state index contributed by atoms with van der Waals surface area (Å²) in [4.78, 5) is 21.2. The highest BCUT2D eigenvalue weighted by Gasteiger charge is 2.32. The topological polar surface area (TPSA) is 69.4 Å². The molecular formula is C8H15NO3. The van der Waals surface area contributed by atoms with Crippen molar-refractivity contribution in [2.45, 2.75) is 26.3 Å². The minimum atomic E-state index is -0.743. The van der Waals surface area contributed by atoms with Gasteiger partial charge in [-0.05, 0) is 5.41 Å². The van der Waals surface area contributed by atoms with Gasteiger partial charge in [0.25, 0.3) is 0 Å². The fraction of sp³-hybridized carbons (Fsp3) is 0.750. The Balaban J connectivity index is 4.32. The van der Waals surface area contributed by atoms with Gasteiger partial charge in [0.05, 0.1) is 7.11 Å². The van der Waals surface area contributed by atoms with Crippen LogP contribution in [0, 0.1) is 5.41 Å². The number of nitrogens with two attached hydrogens (primary N) is 1. The molecule has 0 aromatic rings. The smallest absolute Gasteiger partial charge is 0.323 e. The van der Waals surface area contributed by atoms with Gasteiger partial charge >= 0.3 is 5.97 Å². The minimum absolute atomic E-state index is 0.253. The third kappa shape index (κ3) is 2.62. The largest absolute Gasteiger partial charge is 0.468 e. The van der Waals surface area contributed by atoms with Crippen LogP contribution in [0.15, 0.2) is 0 Å². The number of carbonyl (C=O) groups is 2. The SMILES string of the molecule is COC(=O)C(N)C(C)(C)CC=O. The molecule has 0 aliphatic carbocycles. The van der Waals surface area contributed by atoms with Gasteiger partial charge in [-0.1, -0.05) is 13.8 Å². The van der Waals surface area contributed by atoms with E-state index in [1.54, 1.807) is 13.8 Å². The lowest BCUT2D eigenvalue weighted by atomic mass is 9.82. The summed E-state index contributed by atoms with van der Waals surface area (Å²) >= 11 is 0. The zero-order valence-corrected chi connectivity index (χ0v) is 7.66. The Bertz CT molecular complexity index is 177. The maximum Gasteiger partial charge on any atom is 0.323 e. The number of methoxy groups -OCH3 is 1. The number of hydrogen-bond acceptors (Lipinski definition) is 4. The van der Waals surface area contributed by atoms with Gasteiger partial charge in [-0.25, -0.2) is 0 Å². The van der Waals surface area contributed by atoms with E-state index in [0.29, 0.717) is 0 Å². The summed E-state index contributed by atoms with van der Waals surface area (Å²) in [6.07, 6.45) is 1.01. The lowest BCUT2D eigenvalue weighted by Gasteiger charge is -2.27. The quantitative estimate of drug-likeness (QED) is 0.483. The predicted octanol–water partition coefficient (Wildman–Crippen LogP) is 0.102. The van der Waals surface area contributed by atoms with Crippen molar-refractivity contribution in [3.63, 3.8) is 0 Å². The van der Waals surface area contributed by atoms with Crippen LogP contribution in [0.1, 0.15) is 20.3 Å². The van der Waals surface area contributed by atoms with Crippen molar-refractivity contribution >= 4 is 12.3 Å². The lowest BCUT2D eigenvalue weighted by Crippen LogP contribution is -2.44. The summed E-state index contributed by atoms with van der Waals surface area (Å²) in [7, 11) is 1.28. The molecule has 0 heterocycles. The van der Waals surface area contributed by atoms with Crippen molar-refractivity contribution in [2.75, 3.05) is 7.11 Å². The first-order valence-electron chi connectivity index (χ1n) is 3.72. The van der Waals surface area contributed by atoms with E-state index in [0.717, 1.165) is 6.29 Å². The van der Waals surface area contributed by atoms with Crippen molar-refractivity contribution in [1.29, 1.82) is 0 Å². The third-order valence-electron chi connectivity index (χ3n) is 1.91. The summed E-state index contributed by atoms with van der Waals surface area (Å²) in [5.74, 6) is -0.484.